The van der Waals surface area contributed by atoms with E-state index in [1.54, 1.807) is 0 Å². The van der Waals surface area contributed by atoms with Crippen LogP contribution in [0, 0.1) is 0 Å². The first-order valence-corrected chi connectivity index (χ1v) is 3.17. The van der Waals surface area contributed by atoms with E-state index < -0.39 is 17.4 Å². The molecular weight excluding hydrogens is 147 g/mol. The van der Waals surface area contributed by atoms with Crippen LogP contribution in [0.15, 0.2) is 23.0 Å². The molecule has 0 aromatic rings. The molecule has 0 heterocycles. The summed E-state index contributed by atoms with van der Waals surface area (Å²) in [5.74, 6) is -2.06. The zero-order valence-corrected chi connectivity index (χ0v) is 6.27. The minimum absolute atomic E-state index is 0.204. The molecule has 0 unspecified atom stereocenters. The second-order valence-electron chi connectivity index (χ2n) is 2.44. The van der Waals surface area contributed by atoms with Gasteiger partial charge < -0.3 is 0 Å². The van der Waals surface area contributed by atoms with Crippen LogP contribution in [-0.2, 0) is 9.59 Å². The molecule has 0 N–H and O–H groups in total. The average molecular weight is 154 g/mol. The maximum absolute atomic E-state index is 12.5. The lowest BCUT2D eigenvalue weighted by atomic mass is 9.97. The fraction of sp³-hybridized carbons (Fsp3) is 0.250. The average Bonchev–Trinajstić information content (AvgIpc) is 1.97. The van der Waals surface area contributed by atoms with Gasteiger partial charge in [0.2, 0.25) is 5.78 Å². The maximum atomic E-state index is 12.5. The van der Waals surface area contributed by atoms with Crippen molar-refractivity contribution in [2.45, 2.75) is 13.8 Å². The Bertz CT molecular complexity index is 297. The Hall–Kier alpha value is -1.25. The summed E-state index contributed by atoms with van der Waals surface area (Å²) in [6.07, 6.45) is 0.727. The molecule has 1 aliphatic rings. The van der Waals surface area contributed by atoms with Crippen molar-refractivity contribution in [1.29, 1.82) is 0 Å². The van der Waals surface area contributed by atoms with Crippen LogP contribution >= 0.6 is 0 Å². The topological polar surface area (TPSA) is 34.1 Å². The van der Waals surface area contributed by atoms with Crippen LogP contribution in [-0.4, -0.2) is 11.6 Å². The van der Waals surface area contributed by atoms with E-state index in [9.17, 15) is 14.0 Å². The van der Waals surface area contributed by atoms with Crippen molar-refractivity contribution < 1.29 is 14.0 Å². The summed E-state index contributed by atoms with van der Waals surface area (Å²) < 4.78 is 12.5. The van der Waals surface area contributed by atoms with E-state index in [2.05, 4.69) is 0 Å². The van der Waals surface area contributed by atoms with Gasteiger partial charge in [-0.05, 0) is 13.8 Å². The van der Waals surface area contributed by atoms with Gasteiger partial charge in [-0.15, -0.1) is 0 Å². The molecule has 0 aliphatic heterocycles. The lowest BCUT2D eigenvalue weighted by molar-refractivity contribution is -0.116. The smallest absolute Gasteiger partial charge is 0.217 e. The quantitative estimate of drug-likeness (QED) is 0.493. The molecule has 3 heteroatoms. The Morgan fingerprint density at radius 2 is 1.73 bits per heavy atom. The van der Waals surface area contributed by atoms with Gasteiger partial charge in [-0.1, -0.05) is 0 Å². The van der Waals surface area contributed by atoms with Gasteiger partial charge in [0, 0.05) is 17.2 Å². The summed E-state index contributed by atoms with van der Waals surface area (Å²) in [6, 6.07) is 0. The summed E-state index contributed by atoms with van der Waals surface area (Å²) in [7, 11) is 0. The van der Waals surface area contributed by atoms with Crippen LogP contribution in [0.1, 0.15) is 13.8 Å². The number of ketones is 2. The molecule has 2 nitrogen and oxygen atoms in total. The first-order valence-electron chi connectivity index (χ1n) is 3.17. The minimum Gasteiger partial charge on any atom is -0.290 e. The third-order valence-electron chi connectivity index (χ3n) is 1.75. The van der Waals surface area contributed by atoms with Gasteiger partial charge in [0.1, 0.15) is 0 Å². The van der Waals surface area contributed by atoms with Gasteiger partial charge >= 0.3 is 0 Å². The van der Waals surface area contributed by atoms with Crippen molar-refractivity contribution in [3.63, 3.8) is 0 Å². The molecule has 0 radical (unpaired) electrons. The normalized spacial score (nSPS) is 19.0. The highest BCUT2D eigenvalue weighted by atomic mass is 19.1. The molecule has 0 aromatic heterocycles. The largest absolute Gasteiger partial charge is 0.290 e. The van der Waals surface area contributed by atoms with Crippen LogP contribution in [0.5, 0.6) is 0 Å². The molecule has 0 bridgehead atoms. The molecule has 0 amide bonds. The zero-order chi connectivity index (χ0) is 8.59. The number of carbonyl (C=O) groups excluding carboxylic acids is 2. The molecule has 11 heavy (non-hydrogen) atoms. The predicted molar refractivity (Wildman–Crippen MR) is 37.6 cm³/mol. The Balaban J connectivity index is 3.19. The number of rotatable bonds is 0. The summed E-state index contributed by atoms with van der Waals surface area (Å²) >= 11 is 0. The summed E-state index contributed by atoms with van der Waals surface area (Å²) in [4.78, 5) is 21.7. The lowest BCUT2D eigenvalue weighted by Gasteiger charge is -2.07. The van der Waals surface area contributed by atoms with Gasteiger partial charge in [-0.25, -0.2) is 4.39 Å². The number of hydrogen-bond acceptors (Lipinski definition) is 2. The summed E-state index contributed by atoms with van der Waals surface area (Å²) in [5.41, 5.74) is 0.534. The number of allylic oxidation sites excluding steroid dienone is 4. The monoisotopic (exact) mass is 154 g/mol. The van der Waals surface area contributed by atoms with E-state index >= 15 is 0 Å². The molecule has 0 saturated carbocycles. The molecule has 0 atom stereocenters. The van der Waals surface area contributed by atoms with Gasteiger partial charge in [0.25, 0.3) is 0 Å². The molecule has 0 saturated heterocycles. The Morgan fingerprint density at radius 3 is 2.27 bits per heavy atom. The van der Waals surface area contributed by atoms with E-state index in [-0.39, 0.29) is 5.57 Å². The molecule has 0 spiro atoms. The minimum atomic E-state index is -0.960. The lowest BCUT2D eigenvalue weighted by Crippen LogP contribution is -2.13. The van der Waals surface area contributed by atoms with Crippen molar-refractivity contribution in [3.05, 3.63) is 23.0 Å². The van der Waals surface area contributed by atoms with Crippen molar-refractivity contribution in [2.24, 2.45) is 0 Å². The van der Waals surface area contributed by atoms with Gasteiger partial charge in [0.15, 0.2) is 11.6 Å². The number of hydrogen-bond donors (Lipinski definition) is 0. The predicted octanol–water partition coefficient (Wildman–Crippen LogP) is 1.33. The van der Waals surface area contributed by atoms with E-state index in [0.29, 0.717) is 5.57 Å². The van der Waals surface area contributed by atoms with E-state index in [1.165, 1.54) is 13.8 Å². The molecule has 1 rings (SSSR count). The summed E-state index contributed by atoms with van der Waals surface area (Å²) in [6.45, 7) is 2.96. The fourth-order valence-corrected chi connectivity index (χ4v) is 0.823. The third kappa shape index (κ3) is 1.13. The highest BCUT2D eigenvalue weighted by molar-refractivity contribution is 6.21. The van der Waals surface area contributed by atoms with Crippen molar-refractivity contribution >= 4 is 11.6 Å². The van der Waals surface area contributed by atoms with Crippen LogP contribution in [0.25, 0.3) is 0 Å². The molecule has 1 aliphatic carbocycles. The fourth-order valence-electron chi connectivity index (χ4n) is 0.823. The van der Waals surface area contributed by atoms with Crippen molar-refractivity contribution in [1.82, 2.24) is 0 Å². The molecule has 0 aromatic carbocycles. The molecule has 0 fully saturated rings. The second-order valence-corrected chi connectivity index (χ2v) is 2.44. The first kappa shape index (κ1) is 7.85. The van der Waals surface area contributed by atoms with Gasteiger partial charge in [0.05, 0.1) is 0 Å². The van der Waals surface area contributed by atoms with Gasteiger partial charge in [-0.2, -0.15) is 0 Å². The number of Topliss-reactive ketones (excluding diaryl/α,β-unsaturated/α-hetero) is 1. The Morgan fingerprint density at radius 1 is 1.18 bits per heavy atom. The van der Waals surface area contributed by atoms with Crippen LogP contribution in [0.4, 0.5) is 4.39 Å². The summed E-state index contributed by atoms with van der Waals surface area (Å²) in [5, 5.41) is 0. The van der Waals surface area contributed by atoms with E-state index in [1.807, 2.05) is 0 Å². The maximum Gasteiger partial charge on any atom is 0.217 e. The highest BCUT2D eigenvalue weighted by Crippen LogP contribution is 2.18. The molecular formula is C8H7FO2. The van der Waals surface area contributed by atoms with E-state index in [4.69, 9.17) is 0 Å². The van der Waals surface area contributed by atoms with Crippen molar-refractivity contribution in [2.75, 3.05) is 0 Å². The number of carbonyl (C=O) groups is 2. The second kappa shape index (κ2) is 2.42. The van der Waals surface area contributed by atoms with Crippen molar-refractivity contribution in [3.8, 4) is 0 Å². The Kier molecular flexibility index (Phi) is 1.72. The first-order chi connectivity index (χ1) is 5.04. The zero-order valence-electron chi connectivity index (χ0n) is 6.27. The third-order valence-corrected chi connectivity index (χ3v) is 1.75. The number of halogens is 1. The van der Waals surface area contributed by atoms with Crippen LogP contribution in [0.2, 0.25) is 0 Å². The standard InChI is InChI=1S/C8H7FO2/c1-4-5(2)8(11)6(9)3-7(4)10/h3H,1-2H3. The molecule has 58 valence electrons. The van der Waals surface area contributed by atoms with Gasteiger partial charge in [-0.3, -0.25) is 9.59 Å². The Labute approximate surface area is 63.4 Å². The van der Waals surface area contributed by atoms with Crippen LogP contribution < -0.4 is 0 Å². The van der Waals surface area contributed by atoms with Crippen LogP contribution in [0.3, 0.4) is 0 Å². The highest BCUT2D eigenvalue weighted by Gasteiger charge is 2.22. The van der Waals surface area contributed by atoms with E-state index in [0.717, 1.165) is 6.08 Å². The SMILES string of the molecule is CC1=C(C)C(=O)C(F)=CC1=O.